The summed E-state index contributed by atoms with van der Waals surface area (Å²) in [6.07, 6.45) is 0.745. The molecule has 3 rings (SSSR count). The van der Waals surface area contributed by atoms with Crippen LogP contribution < -0.4 is 15.0 Å². The highest BCUT2D eigenvalue weighted by molar-refractivity contribution is 6.10. The Balaban J connectivity index is 1.71. The first kappa shape index (κ1) is 20.1. The molecule has 5 nitrogen and oxygen atoms in total. The number of hydrogen-bond donors (Lipinski definition) is 1. The Labute approximate surface area is 170 Å². The normalized spacial score (nSPS) is 10.3. The second-order valence-electron chi connectivity index (χ2n) is 6.60. The molecule has 0 saturated heterocycles. The zero-order valence-electron chi connectivity index (χ0n) is 16.6. The van der Waals surface area contributed by atoms with E-state index in [1.54, 1.807) is 56.6 Å². The third-order valence-corrected chi connectivity index (χ3v) is 4.69. The topological polar surface area (TPSA) is 58.6 Å². The van der Waals surface area contributed by atoms with Crippen molar-refractivity contribution in [3.63, 3.8) is 0 Å². The number of nitrogens with zero attached hydrogens (tertiary/aromatic N) is 1. The highest BCUT2D eigenvalue weighted by Gasteiger charge is 2.19. The minimum absolute atomic E-state index is 0.197. The quantitative estimate of drug-likeness (QED) is 0.667. The van der Waals surface area contributed by atoms with Crippen LogP contribution in [0.5, 0.6) is 5.75 Å². The summed E-state index contributed by atoms with van der Waals surface area (Å²) >= 11 is 0. The van der Waals surface area contributed by atoms with Crippen molar-refractivity contribution in [2.75, 3.05) is 25.6 Å². The molecular formula is C24H24N2O3. The number of carbonyl (C=O) groups excluding carboxylic acids is 2. The van der Waals surface area contributed by atoms with E-state index >= 15 is 0 Å². The summed E-state index contributed by atoms with van der Waals surface area (Å²) in [5.74, 6) is 0.283. The number of benzene rings is 3. The summed E-state index contributed by atoms with van der Waals surface area (Å²) in [4.78, 5) is 27.1. The van der Waals surface area contributed by atoms with Crippen molar-refractivity contribution in [3.8, 4) is 5.75 Å². The number of methoxy groups -OCH3 is 1. The van der Waals surface area contributed by atoms with Crippen LogP contribution in [0.3, 0.4) is 0 Å². The van der Waals surface area contributed by atoms with E-state index in [4.69, 9.17) is 4.74 Å². The molecule has 2 amide bonds. The number of rotatable bonds is 7. The van der Waals surface area contributed by atoms with Crippen LogP contribution in [-0.2, 0) is 6.42 Å². The fourth-order valence-electron chi connectivity index (χ4n) is 3.06. The van der Waals surface area contributed by atoms with E-state index in [-0.39, 0.29) is 11.8 Å². The van der Waals surface area contributed by atoms with Gasteiger partial charge in [-0.3, -0.25) is 9.59 Å². The standard InChI is InChI=1S/C24H24N2O3/c1-26(24(28)19-12-14-20(29-2)15-13-19)22-11-7-6-10-21(22)23(27)25-17-16-18-8-4-3-5-9-18/h3-15H,16-17H2,1-2H3,(H,25,27). The van der Waals surface area contributed by atoms with Gasteiger partial charge in [0, 0.05) is 19.2 Å². The molecule has 5 heteroatoms. The van der Waals surface area contributed by atoms with Gasteiger partial charge < -0.3 is 15.0 Å². The Morgan fingerprint density at radius 3 is 2.24 bits per heavy atom. The van der Waals surface area contributed by atoms with Crippen LogP contribution in [-0.4, -0.2) is 32.5 Å². The van der Waals surface area contributed by atoms with Gasteiger partial charge in [0.1, 0.15) is 5.75 Å². The summed E-state index contributed by atoms with van der Waals surface area (Å²) in [5, 5.41) is 2.94. The molecule has 148 valence electrons. The molecule has 0 aromatic heterocycles. The van der Waals surface area contributed by atoms with E-state index in [1.807, 2.05) is 36.4 Å². The molecule has 0 bridgehead atoms. The Morgan fingerprint density at radius 1 is 0.897 bits per heavy atom. The molecule has 1 N–H and O–H groups in total. The summed E-state index contributed by atoms with van der Waals surface area (Å²) in [6, 6.07) is 24.0. The number of nitrogens with one attached hydrogen (secondary N) is 1. The predicted molar refractivity (Wildman–Crippen MR) is 115 cm³/mol. The van der Waals surface area contributed by atoms with Gasteiger partial charge in [-0.1, -0.05) is 42.5 Å². The van der Waals surface area contributed by atoms with Crippen LogP contribution in [0.4, 0.5) is 5.69 Å². The minimum atomic E-state index is -0.203. The summed E-state index contributed by atoms with van der Waals surface area (Å²) in [6.45, 7) is 0.521. The van der Waals surface area contributed by atoms with E-state index in [0.29, 0.717) is 29.1 Å². The second-order valence-corrected chi connectivity index (χ2v) is 6.60. The van der Waals surface area contributed by atoms with Crippen LogP contribution in [0.15, 0.2) is 78.9 Å². The number of carbonyl (C=O) groups is 2. The lowest BCUT2D eigenvalue weighted by molar-refractivity contribution is 0.0954. The maximum Gasteiger partial charge on any atom is 0.258 e. The van der Waals surface area contributed by atoms with Gasteiger partial charge in [-0.15, -0.1) is 0 Å². The van der Waals surface area contributed by atoms with Crippen LogP contribution in [0, 0.1) is 0 Å². The lowest BCUT2D eigenvalue weighted by Crippen LogP contribution is -2.31. The number of ether oxygens (including phenoxy) is 1. The summed E-state index contributed by atoms with van der Waals surface area (Å²) in [7, 11) is 3.25. The van der Waals surface area contributed by atoms with Crippen molar-refractivity contribution in [2.24, 2.45) is 0 Å². The lowest BCUT2D eigenvalue weighted by Gasteiger charge is -2.20. The highest BCUT2D eigenvalue weighted by Crippen LogP contribution is 2.22. The number of hydrogen-bond acceptors (Lipinski definition) is 3. The monoisotopic (exact) mass is 388 g/mol. The molecule has 0 heterocycles. The van der Waals surface area contributed by atoms with Gasteiger partial charge in [0.25, 0.3) is 11.8 Å². The van der Waals surface area contributed by atoms with Crippen molar-refractivity contribution < 1.29 is 14.3 Å². The van der Waals surface area contributed by atoms with E-state index in [2.05, 4.69) is 5.32 Å². The van der Waals surface area contributed by atoms with Crippen molar-refractivity contribution in [1.29, 1.82) is 0 Å². The van der Waals surface area contributed by atoms with E-state index in [9.17, 15) is 9.59 Å². The van der Waals surface area contributed by atoms with Gasteiger partial charge in [-0.2, -0.15) is 0 Å². The SMILES string of the molecule is COc1ccc(C(=O)N(C)c2ccccc2C(=O)NCCc2ccccc2)cc1. The molecular weight excluding hydrogens is 364 g/mol. The molecule has 0 fully saturated rings. The third kappa shape index (κ3) is 5.02. The first-order valence-corrected chi connectivity index (χ1v) is 9.43. The second kappa shape index (κ2) is 9.55. The Morgan fingerprint density at radius 2 is 1.55 bits per heavy atom. The highest BCUT2D eigenvalue weighted by atomic mass is 16.5. The van der Waals surface area contributed by atoms with Crippen LogP contribution in [0.2, 0.25) is 0 Å². The molecule has 0 spiro atoms. The molecule has 29 heavy (non-hydrogen) atoms. The molecule has 0 aliphatic heterocycles. The molecule has 0 aliphatic carbocycles. The van der Waals surface area contributed by atoms with E-state index < -0.39 is 0 Å². The van der Waals surface area contributed by atoms with Crippen LogP contribution >= 0.6 is 0 Å². The molecule has 0 saturated carbocycles. The van der Waals surface area contributed by atoms with E-state index in [1.165, 1.54) is 4.90 Å². The fourth-order valence-corrected chi connectivity index (χ4v) is 3.06. The zero-order valence-corrected chi connectivity index (χ0v) is 16.6. The Bertz CT molecular complexity index is 969. The summed E-state index contributed by atoms with van der Waals surface area (Å²) < 4.78 is 5.14. The average molecular weight is 388 g/mol. The van der Waals surface area contributed by atoms with Crippen molar-refractivity contribution in [2.45, 2.75) is 6.42 Å². The third-order valence-electron chi connectivity index (χ3n) is 4.69. The first-order valence-electron chi connectivity index (χ1n) is 9.43. The molecule has 0 unspecified atom stereocenters. The van der Waals surface area contributed by atoms with Gasteiger partial charge in [0.05, 0.1) is 18.4 Å². The number of anilines is 1. The molecule has 0 aliphatic rings. The lowest BCUT2D eigenvalue weighted by atomic mass is 10.1. The summed E-state index contributed by atoms with van der Waals surface area (Å²) in [5.41, 5.74) is 2.70. The number of amides is 2. The Hall–Kier alpha value is -3.60. The van der Waals surface area contributed by atoms with Crippen molar-refractivity contribution in [1.82, 2.24) is 5.32 Å². The molecule has 0 radical (unpaired) electrons. The van der Waals surface area contributed by atoms with Gasteiger partial charge in [0.2, 0.25) is 0 Å². The van der Waals surface area contributed by atoms with Crippen molar-refractivity contribution in [3.05, 3.63) is 95.6 Å². The number of para-hydroxylation sites is 1. The smallest absolute Gasteiger partial charge is 0.258 e. The van der Waals surface area contributed by atoms with Gasteiger partial charge >= 0.3 is 0 Å². The molecule has 3 aromatic carbocycles. The Kier molecular flexibility index (Phi) is 6.63. The first-order chi connectivity index (χ1) is 14.1. The maximum absolute atomic E-state index is 12.9. The maximum atomic E-state index is 12.9. The van der Waals surface area contributed by atoms with Crippen LogP contribution in [0.25, 0.3) is 0 Å². The molecule has 3 aromatic rings. The van der Waals surface area contributed by atoms with Gasteiger partial charge in [-0.25, -0.2) is 0 Å². The average Bonchev–Trinajstić information content (AvgIpc) is 2.78. The minimum Gasteiger partial charge on any atom is -0.497 e. The fraction of sp³-hybridized carbons (Fsp3) is 0.167. The largest absolute Gasteiger partial charge is 0.497 e. The molecule has 0 atom stereocenters. The van der Waals surface area contributed by atoms with Crippen molar-refractivity contribution >= 4 is 17.5 Å². The van der Waals surface area contributed by atoms with E-state index in [0.717, 1.165) is 12.0 Å². The predicted octanol–water partition coefficient (Wildman–Crippen LogP) is 3.94. The van der Waals surface area contributed by atoms with Gasteiger partial charge in [-0.05, 0) is 48.4 Å². The zero-order chi connectivity index (χ0) is 20.6. The van der Waals surface area contributed by atoms with Crippen LogP contribution in [0.1, 0.15) is 26.3 Å². The van der Waals surface area contributed by atoms with Gasteiger partial charge in [0.15, 0.2) is 0 Å².